The van der Waals surface area contributed by atoms with Gasteiger partial charge in [-0.3, -0.25) is 4.79 Å². The second-order valence-corrected chi connectivity index (χ2v) is 4.41. The van der Waals surface area contributed by atoms with Crippen LogP contribution in [0, 0.1) is 5.82 Å². The largest absolute Gasteiger partial charge is 0.477 e. The highest BCUT2D eigenvalue weighted by atomic mass is 35.5. The maximum Gasteiger partial charge on any atom is 0.265 e. The number of aromatic amines is 1. The molecule has 2 rings (SSSR count). The van der Waals surface area contributed by atoms with E-state index in [0.29, 0.717) is 5.16 Å². The van der Waals surface area contributed by atoms with Crippen LogP contribution in [0.5, 0.6) is 5.88 Å². The first-order valence-electron chi connectivity index (χ1n) is 5.04. The van der Waals surface area contributed by atoms with Gasteiger partial charge in [0.05, 0.1) is 6.61 Å². The average Bonchev–Trinajstić information content (AvgIpc) is 2.35. The summed E-state index contributed by atoms with van der Waals surface area (Å²) in [5, 5.41) is -0.0937. The molecule has 2 heterocycles. The quantitative estimate of drug-likeness (QED) is 0.533. The molecule has 0 aliphatic carbocycles. The van der Waals surface area contributed by atoms with Crippen molar-refractivity contribution in [1.29, 1.82) is 0 Å². The third kappa shape index (κ3) is 2.15. The first-order valence-corrected chi connectivity index (χ1v) is 6.64. The normalized spacial score (nSPS) is 10.9. The summed E-state index contributed by atoms with van der Waals surface area (Å²) >= 11 is 6.85. The van der Waals surface area contributed by atoms with Crippen LogP contribution in [-0.4, -0.2) is 27.8 Å². The molecule has 0 fully saturated rings. The molecular weight excluding hydrogens is 281 g/mol. The zero-order chi connectivity index (χ0) is 13.3. The highest BCUT2D eigenvalue weighted by Gasteiger charge is 2.18. The number of hydrogen-bond donors (Lipinski definition) is 1. The van der Waals surface area contributed by atoms with Gasteiger partial charge in [-0.2, -0.15) is 4.98 Å². The molecule has 0 unspecified atom stereocenters. The highest BCUT2D eigenvalue weighted by molar-refractivity contribution is 7.98. The number of rotatable bonds is 3. The molecule has 0 bridgehead atoms. The molecule has 2 aromatic rings. The number of pyridine rings is 1. The number of nitrogens with one attached hydrogen (secondary N) is 1. The van der Waals surface area contributed by atoms with Crippen molar-refractivity contribution in [1.82, 2.24) is 15.0 Å². The van der Waals surface area contributed by atoms with Gasteiger partial charge < -0.3 is 9.72 Å². The van der Waals surface area contributed by atoms with Crippen molar-refractivity contribution in [2.45, 2.75) is 12.1 Å². The minimum absolute atomic E-state index is 0.0136. The van der Waals surface area contributed by atoms with E-state index in [1.165, 1.54) is 11.8 Å². The molecule has 0 radical (unpaired) electrons. The van der Waals surface area contributed by atoms with Crippen LogP contribution in [0.1, 0.15) is 6.92 Å². The van der Waals surface area contributed by atoms with Crippen LogP contribution in [0.25, 0.3) is 10.9 Å². The Kier molecular flexibility index (Phi) is 3.72. The maximum atomic E-state index is 13.8. The number of aromatic nitrogens is 3. The molecule has 18 heavy (non-hydrogen) atoms. The Hall–Kier alpha value is -1.34. The minimum atomic E-state index is -0.823. The summed E-state index contributed by atoms with van der Waals surface area (Å²) in [6.45, 7) is 2.01. The maximum absolute atomic E-state index is 13.8. The van der Waals surface area contributed by atoms with Gasteiger partial charge in [-0.25, -0.2) is 9.37 Å². The predicted octanol–water partition coefficient (Wildman–Crippen LogP) is 2.23. The number of H-pyrrole nitrogens is 1. The van der Waals surface area contributed by atoms with Gasteiger partial charge in [0.1, 0.15) is 10.9 Å². The lowest BCUT2D eigenvalue weighted by atomic mass is 10.3. The van der Waals surface area contributed by atoms with E-state index in [0.717, 1.165) is 0 Å². The van der Waals surface area contributed by atoms with Crippen LogP contribution in [0.2, 0.25) is 5.15 Å². The second kappa shape index (κ2) is 5.11. The Morgan fingerprint density at radius 1 is 1.50 bits per heavy atom. The predicted molar refractivity (Wildman–Crippen MR) is 68.1 cm³/mol. The van der Waals surface area contributed by atoms with E-state index in [1.54, 1.807) is 13.2 Å². The Morgan fingerprint density at radius 3 is 2.83 bits per heavy atom. The lowest BCUT2D eigenvalue weighted by Gasteiger charge is -2.07. The van der Waals surface area contributed by atoms with Crippen molar-refractivity contribution in [2.24, 2.45) is 0 Å². The highest BCUT2D eigenvalue weighted by Crippen LogP contribution is 2.27. The van der Waals surface area contributed by atoms with Gasteiger partial charge in [0.15, 0.2) is 16.1 Å². The fourth-order valence-corrected chi connectivity index (χ4v) is 1.98. The summed E-state index contributed by atoms with van der Waals surface area (Å²) in [6.07, 6.45) is 1.72. The molecule has 0 aliphatic heterocycles. The summed E-state index contributed by atoms with van der Waals surface area (Å²) in [7, 11) is 0. The number of ether oxygens (including phenoxy) is 1. The molecule has 5 nitrogen and oxygen atoms in total. The molecule has 1 N–H and O–H groups in total. The number of halogens is 2. The van der Waals surface area contributed by atoms with E-state index in [1.807, 2.05) is 0 Å². The van der Waals surface area contributed by atoms with Crippen molar-refractivity contribution in [3.63, 3.8) is 0 Å². The molecule has 0 aliphatic rings. The molecule has 2 aromatic heterocycles. The molecule has 0 saturated carbocycles. The standard InChI is InChI=1S/C10H9ClFN3O2S/c1-3-17-9-4-6(5(12)7(11)14-9)13-10(18-2)15-8(4)16/h3H2,1-2H3,(H,13,15,16). The molecular formula is C10H9ClFN3O2S. The Morgan fingerprint density at radius 2 is 2.22 bits per heavy atom. The van der Waals surface area contributed by atoms with Crippen LogP contribution in [0.4, 0.5) is 4.39 Å². The second-order valence-electron chi connectivity index (χ2n) is 3.25. The summed E-state index contributed by atoms with van der Waals surface area (Å²) in [4.78, 5) is 22.1. The zero-order valence-electron chi connectivity index (χ0n) is 9.58. The third-order valence-electron chi connectivity index (χ3n) is 2.17. The van der Waals surface area contributed by atoms with Crippen molar-refractivity contribution in [3.05, 3.63) is 21.3 Å². The van der Waals surface area contributed by atoms with E-state index >= 15 is 0 Å². The molecule has 0 spiro atoms. The number of fused-ring (bicyclic) bond motifs is 1. The van der Waals surface area contributed by atoms with Crippen LogP contribution in [-0.2, 0) is 0 Å². The first kappa shape index (κ1) is 13.1. The zero-order valence-corrected chi connectivity index (χ0v) is 11.2. The van der Waals surface area contributed by atoms with Gasteiger partial charge in [-0.1, -0.05) is 23.4 Å². The van der Waals surface area contributed by atoms with E-state index in [4.69, 9.17) is 16.3 Å². The number of thioether (sulfide) groups is 1. The van der Waals surface area contributed by atoms with Gasteiger partial charge in [0.2, 0.25) is 5.88 Å². The van der Waals surface area contributed by atoms with E-state index in [9.17, 15) is 9.18 Å². The van der Waals surface area contributed by atoms with Crippen molar-refractivity contribution in [2.75, 3.05) is 12.9 Å². The van der Waals surface area contributed by atoms with E-state index < -0.39 is 11.4 Å². The molecule has 0 aromatic carbocycles. The van der Waals surface area contributed by atoms with Crippen LogP contribution >= 0.6 is 23.4 Å². The molecule has 0 amide bonds. The van der Waals surface area contributed by atoms with Crippen LogP contribution in [0.15, 0.2) is 9.95 Å². The van der Waals surface area contributed by atoms with Crippen LogP contribution < -0.4 is 10.3 Å². The smallest absolute Gasteiger partial charge is 0.265 e. The van der Waals surface area contributed by atoms with Gasteiger partial charge in [-0.05, 0) is 13.2 Å². The van der Waals surface area contributed by atoms with Crippen LogP contribution in [0.3, 0.4) is 0 Å². The SMILES string of the molecule is CCOc1nc(Cl)c(F)c2nc(SC)[nH]c(=O)c12. The van der Waals surface area contributed by atoms with E-state index in [2.05, 4.69) is 15.0 Å². The van der Waals surface area contributed by atoms with Gasteiger partial charge in [0, 0.05) is 0 Å². The lowest BCUT2D eigenvalue weighted by Crippen LogP contribution is -2.13. The summed E-state index contributed by atoms with van der Waals surface area (Å²) in [5.74, 6) is -0.836. The minimum Gasteiger partial charge on any atom is -0.477 e. The fraction of sp³-hybridized carbons (Fsp3) is 0.300. The number of hydrogen-bond acceptors (Lipinski definition) is 5. The topological polar surface area (TPSA) is 67.9 Å². The molecule has 0 atom stereocenters. The van der Waals surface area contributed by atoms with Crippen molar-refractivity contribution in [3.8, 4) is 5.88 Å². The van der Waals surface area contributed by atoms with Gasteiger partial charge >= 0.3 is 0 Å². The Labute approximate surface area is 111 Å². The summed E-state index contributed by atoms with van der Waals surface area (Å²) in [6, 6.07) is 0. The van der Waals surface area contributed by atoms with Gasteiger partial charge in [0.25, 0.3) is 5.56 Å². The molecule has 96 valence electrons. The van der Waals surface area contributed by atoms with E-state index in [-0.39, 0.29) is 28.5 Å². The molecule has 8 heteroatoms. The Bertz CT molecular complexity index is 662. The third-order valence-corrected chi connectivity index (χ3v) is 3.01. The fourth-order valence-electron chi connectivity index (χ4n) is 1.44. The first-order chi connectivity index (χ1) is 8.58. The Balaban J connectivity index is 2.89. The monoisotopic (exact) mass is 289 g/mol. The average molecular weight is 290 g/mol. The lowest BCUT2D eigenvalue weighted by molar-refractivity contribution is 0.330. The molecule has 0 saturated heterocycles. The van der Waals surface area contributed by atoms with Gasteiger partial charge in [-0.15, -0.1) is 0 Å². The summed E-state index contributed by atoms with van der Waals surface area (Å²) in [5.41, 5.74) is -0.637. The van der Waals surface area contributed by atoms with Crippen molar-refractivity contribution >= 4 is 34.3 Å². The van der Waals surface area contributed by atoms with Crippen molar-refractivity contribution < 1.29 is 9.13 Å². The number of nitrogens with zero attached hydrogens (tertiary/aromatic N) is 2. The summed E-state index contributed by atoms with van der Waals surface area (Å²) < 4.78 is 19.0.